The Labute approximate surface area is 186 Å². The van der Waals surface area contributed by atoms with Crippen LogP contribution in [-0.2, 0) is 4.79 Å². The number of hydrazone groups is 1. The molecule has 3 rings (SSSR count). The molecule has 170 valence electrons. The number of hydrogen-bond acceptors (Lipinski definition) is 7. The lowest BCUT2D eigenvalue weighted by Crippen LogP contribution is -2.24. The Bertz CT molecular complexity index is 976. The van der Waals surface area contributed by atoms with Crippen LogP contribution in [0.2, 0.25) is 0 Å². The number of amides is 2. The number of ether oxygens (including phenoxy) is 4. The largest absolute Gasteiger partial charge is 0.493 e. The Morgan fingerprint density at radius 3 is 2.62 bits per heavy atom. The van der Waals surface area contributed by atoms with Crippen LogP contribution in [0.1, 0.15) is 41.6 Å². The summed E-state index contributed by atoms with van der Waals surface area (Å²) in [6.45, 7) is 0.740. The number of nitrogens with zero attached hydrogens (tertiary/aromatic N) is 1. The Morgan fingerprint density at radius 1 is 1.00 bits per heavy atom. The molecule has 2 N–H and O–H groups in total. The van der Waals surface area contributed by atoms with Crippen molar-refractivity contribution < 1.29 is 28.5 Å². The van der Waals surface area contributed by atoms with Crippen molar-refractivity contribution in [3.63, 3.8) is 0 Å². The standard InChI is InChI=1S/C23H27N3O6/c1-29-18-10-8-17(13-20(18)30-2)23(28)24-11-5-3-4-6-22(27)26-25-14-16-7-9-19-21(12-16)32-15-31-19/h7-10,12-14H,3-6,11,15H2,1-2H3,(H,24,28)(H,26,27)/b25-14+. The molecule has 9 nitrogen and oxygen atoms in total. The lowest BCUT2D eigenvalue weighted by molar-refractivity contribution is -0.121. The lowest BCUT2D eigenvalue weighted by atomic mass is 10.1. The normalized spacial score (nSPS) is 11.9. The number of methoxy groups -OCH3 is 2. The van der Waals surface area contributed by atoms with Gasteiger partial charge in [-0.25, -0.2) is 5.43 Å². The summed E-state index contributed by atoms with van der Waals surface area (Å²) in [6, 6.07) is 10.5. The van der Waals surface area contributed by atoms with Crippen LogP contribution in [0.25, 0.3) is 0 Å². The molecule has 0 spiro atoms. The number of carbonyl (C=O) groups is 2. The number of rotatable bonds is 11. The van der Waals surface area contributed by atoms with Gasteiger partial charge in [0.2, 0.25) is 12.7 Å². The maximum Gasteiger partial charge on any atom is 0.251 e. The van der Waals surface area contributed by atoms with Crippen LogP contribution in [0.5, 0.6) is 23.0 Å². The fourth-order valence-electron chi connectivity index (χ4n) is 3.10. The Balaban J connectivity index is 1.29. The van der Waals surface area contributed by atoms with E-state index in [-0.39, 0.29) is 18.6 Å². The molecule has 0 bridgehead atoms. The molecular formula is C23H27N3O6. The molecule has 0 saturated heterocycles. The van der Waals surface area contributed by atoms with E-state index in [1.807, 2.05) is 6.07 Å². The van der Waals surface area contributed by atoms with Crippen LogP contribution in [0.15, 0.2) is 41.5 Å². The third kappa shape index (κ3) is 6.37. The first-order valence-corrected chi connectivity index (χ1v) is 10.3. The molecule has 2 aromatic rings. The van der Waals surface area contributed by atoms with Gasteiger partial charge >= 0.3 is 0 Å². The van der Waals surface area contributed by atoms with E-state index < -0.39 is 0 Å². The molecule has 0 unspecified atom stereocenters. The predicted molar refractivity (Wildman–Crippen MR) is 119 cm³/mol. The van der Waals surface area contributed by atoms with E-state index in [4.69, 9.17) is 18.9 Å². The summed E-state index contributed by atoms with van der Waals surface area (Å²) >= 11 is 0. The highest BCUT2D eigenvalue weighted by molar-refractivity contribution is 5.94. The molecule has 1 heterocycles. The van der Waals surface area contributed by atoms with Gasteiger partial charge < -0.3 is 24.3 Å². The van der Waals surface area contributed by atoms with Gasteiger partial charge in [0.1, 0.15) is 0 Å². The van der Waals surface area contributed by atoms with Crippen LogP contribution in [0.4, 0.5) is 0 Å². The number of unbranched alkanes of at least 4 members (excludes halogenated alkanes) is 2. The molecule has 2 amide bonds. The van der Waals surface area contributed by atoms with E-state index >= 15 is 0 Å². The predicted octanol–water partition coefficient (Wildman–Crippen LogP) is 2.87. The van der Waals surface area contributed by atoms with Gasteiger partial charge in [0.25, 0.3) is 5.91 Å². The van der Waals surface area contributed by atoms with Crippen molar-refractivity contribution in [1.29, 1.82) is 0 Å². The molecule has 9 heteroatoms. The number of hydrogen-bond donors (Lipinski definition) is 2. The third-order valence-electron chi connectivity index (χ3n) is 4.81. The molecule has 0 aromatic heterocycles. The van der Waals surface area contributed by atoms with Gasteiger partial charge in [0, 0.05) is 18.5 Å². The van der Waals surface area contributed by atoms with Crippen LogP contribution >= 0.6 is 0 Å². The van der Waals surface area contributed by atoms with Crippen LogP contribution in [0.3, 0.4) is 0 Å². The van der Waals surface area contributed by atoms with E-state index in [1.165, 1.54) is 7.11 Å². The van der Waals surface area contributed by atoms with Crippen molar-refractivity contribution in [2.24, 2.45) is 5.10 Å². The molecule has 0 fully saturated rings. The third-order valence-corrected chi connectivity index (χ3v) is 4.81. The molecule has 0 saturated carbocycles. The van der Waals surface area contributed by atoms with Crippen LogP contribution in [-0.4, -0.2) is 45.6 Å². The summed E-state index contributed by atoms with van der Waals surface area (Å²) in [5.41, 5.74) is 3.82. The molecule has 2 aromatic carbocycles. The highest BCUT2D eigenvalue weighted by Crippen LogP contribution is 2.32. The Morgan fingerprint density at radius 2 is 1.81 bits per heavy atom. The van der Waals surface area contributed by atoms with E-state index in [0.717, 1.165) is 18.4 Å². The molecule has 0 atom stereocenters. The molecule has 0 aliphatic carbocycles. The monoisotopic (exact) mass is 441 g/mol. The molecule has 1 aliphatic rings. The van der Waals surface area contributed by atoms with Crippen molar-refractivity contribution in [2.75, 3.05) is 27.6 Å². The fraction of sp³-hybridized carbons (Fsp3) is 0.348. The van der Waals surface area contributed by atoms with E-state index in [2.05, 4.69) is 15.8 Å². The maximum atomic E-state index is 12.2. The first-order valence-electron chi connectivity index (χ1n) is 10.3. The van der Waals surface area contributed by atoms with E-state index in [1.54, 1.807) is 43.7 Å². The number of carbonyl (C=O) groups excluding carboxylic acids is 2. The maximum absolute atomic E-state index is 12.2. The Kier molecular flexibility index (Phi) is 8.30. The van der Waals surface area contributed by atoms with Crippen molar-refractivity contribution in [2.45, 2.75) is 25.7 Å². The van der Waals surface area contributed by atoms with Gasteiger partial charge in [0.15, 0.2) is 23.0 Å². The quantitative estimate of drug-likeness (QED) is 0.315. The zero-order valence-corrected chi connectivity index (χ0v) is 18.2. The van der Waals surface area contributed by atoms with Gasteiger partial charge in [-0.3, -0.25) is 9.59 Å². The van der Waals surface area contributed by atoms with Crippen molar-refractivity contribution in [3.8, 4) is 23.0 Å². The summed E-state index contributed by atoms with van der Waals surface area (Å²) in [5, 5.41) is 6.84. The van der Waals surface area contributed by atoms with E-state index in [9.17, 15) is 9.59 Å². The van der Waals surface area contributed by atoms with Gasteiger partial charge in [-0.05, 0) is 54.8 Å². The summed E-state index contributed by atoms with van der Waals surface area (Å²) < 4.78 is 20.9. The average Bonchev–Trinajstić information content (AvgIpc) is 3.28. The molecule has 0 radical (unpaired) electrons. The minimum absolute atomic E-state index is 0.156. The van der Waals surface area contributed by atoms with Crippen LogP contribution < -0.4 is 29.7 Å². The van der Waals surface area contributed by atoms with Crippen molar-refractivity contribution in [3.05, 3.63) is 47.5 Å². The summed E-state index contributed by atoms with van der Waals surface area (Å²) in [5.74, 6) is 2.11. The average molecular weight is 441 g/mol. The van der Waals surface area contributed by atoms with Crippen LogP contribution in [0, 0.1) is 0 Å². The topological polar surface area (TPSA) is 107 Å². The smallest absolute Gasteiger partial charge is 0.251 e. The second-order valence-electron chi connectivity index (χ2n) is 7.04. The molecule has 1 aliphatic heterocycles. The molecular weight excluding hydrogens is 414 g/mol. The summed E-state index contributed by atoms with van der Waals surface area (Å²) in [6.07, 6.45) is 4.21. The Hall–Kier alpha value is -3.75. The number of benzene rings is 2. The molecule has 32 heavy (non-hydrogen) atoms. The highest BCUT2D eigenvalue weighted by Gasteiger charge is 2.12. The van der Waals surface area contributed by atoms with Crippen molar-refractivity contribution >= 4 is 18.0 Å². The second-order valence-corrected chi connectivity index (χ2v) is 7.04. The van der Waals surface area contributed by atoms with E-state index in [0.29, 0.717) is 47.9 Å². The number of nitrogens with one attached hydrogen (secondary N) is 2. The van der Waals surface area contributed by atoms with Gasteiger partial charge in [-0.1, -0.05) is 6.42 Å². The lowest BCUT2D eigenvalue weighted by Gasteiger charge is -2.10. The SMILES string of the molecule is COc1ccc(C(=O)NCCCCCC(=O)N/N=C/c2ccc3c(c2)OCO3)cc1OC. The second kappa shape index (κ2) is 11.6. The highest BCUT2D eigenvalue weighted by atomic mass is 16.7. The van der Waals surface area contributed by atoms with Gasteiger partial charge in [-0.2, -0.15) is 5.10 Å². The minimum Gasteiger partial charge on any atom is -0.493 e. The zero-order chi connectivity index (χ0) is 22.8. The summed E-state index contributed by atoms with van der Waals surface area (Å²) in [4.78, 5) is 24.1. The first-order chi connectivity index (χ1) is 15.6. The van der Waals surface area contributed by atoms with Gasteiger partial charge in [0.05, 0.1) is 20.4 Å². The minimum atomic E-state index is -0.179. The number of fused-ring (bicyclic) bond motifs is 1. The zero-order valence-electron chi connectivity index (χ0n) is 18.2. The summed E-state index contributed by atoms with van der Waals surface area (Å²) in [7, 11) is 3.07. The first kappa shape index (κ1) is 22.9. The van der Waals surface area contributed by atoms with Gasteiger partial charge in [-0.15, -0.1) is 0 Å². The fourth-order valence-corrected chi connectivity index (χ4v) is 3.10. The van der Waals surface area contributed by atoms with Crippen molar-refractivity contribution in [1.82, 2.24) is 10.7 Å².